The molecule has 0 fully saturated rings. The molecule has 2 rings (SSSR count). The Morgan fingerprint density at radius 2 is 2.08 bits per heavy atom. The van der Waals surface area contributed by atoms with E-state index >= 15 is 0 Å². The Morgan fingerprint density at radius 3 is 2.76 bits per heavy atom. The minimum Gasteiger partial charge on any atom is -0.463 e. The van der Waals surface area contributed by atoms with Crippen LogP contribution in [0.15, 0.2) is 42.5 Å². The smallest absolute Gasteiger partial charge is 0.330 e. The monoisotopic (exact) mass is 360 g/mol. The third-order valence-electron chi connectivity index (χ3n) is 3.42. The standard InChI is InChI=1S/C18H20N2O4S/c1-2-24-17(22)10-8-13(7-9-16(19)21)20-18(23)15-11-12-5-3-4-6-14(12)25-15/h3-6,8,10-11,13H,2,7,9H2,1H3,(H2,19,21)(H,20,23)/b10-8+/t13-/m0/s1. The average Bonchev–Trinajstić information content (AvgIpc) is 3.01. The van der Waals surface area contributed by atoms with Gasteiger partial charge in [0.2, 0.25) is 5.91 Å². The number of primary amides is 1. The maximum atomic E-state index is 12.5. The van der Waals surface area contributed by atoms with Gasteiger partial charge in [-0.3, -0.25) is 9.59 Å². The van der Waals surface area contributed by atoms with Gasteiger partial charge in [-0.2, -0.15) is 0 Å². The first-order valence-corrected chi connectivity index (χ1v) is 8.74. The number of rotatable bonds is 8. The molecule has 2 amide bonds. The van der Waals surface area contributed by atoms with E-state index in [4.69, 9.17) is 10.5 Å². The largest absolute Gasteiger partial charge is 0.463 e. The molecule has 0 aliphatic rings. The van der Waals surface area contributed by atoms with Gasteiger partial charge in [0.15, 0.2) is 0 Å². The predicted octanol–water partition coefficient (Wildman–Crippen LogP) is 2.38. The minimum absolute atomic E-state index is 0.102. The summed E-state index contributed by atoms with van der Waals surface area (Å²) in [5.41, 5.74) is 5.17. The third kappa shape index (κ3) is 5.72. The number of carbonyl (C=O) groups excluding carboxylic acids is 3. The Bertz CT molecular complexity index is 764. The number of benzene rings is 1. The van der Waals surface area contributed by atoms with E-state index in [0.717, 1.165) is 10.1 Å². The van der Waals surface area contributed by atoms with Gasteiger partial charge in [-0.1, -0.05) is 24.3 Å². The zero-order valence-electron chi connectivity index (χ0n) is 13.9. The predicted molar refractivity (Wildman–Crippen MR) is 97.3 cm³/mol. The van der Waals surface area contributed by atoms with Crippen LogP contribution in [-0.2, 0) is 14.3 Å². The van der Waals surface area contributed by atoms with E-state index in [1.807, 2.05) is 30.3 Å². The molecule has 2 aromatic rings. The summed E-state index contributed by atoms with van der Waals surface area (Å²) in [6.07, 6.45) is 3.18. The average molecular weight is 360 g/mol. The molecule has 0 bridgehead atoms. The molecule has 1 aromatic heterocycles. The van der Waals surface area contributed by atoms with Gasteiger partial charge in [0.25, 0.3) is 5.91 Å². The molecule has 1 atom stereocenters. The second-order valence-electron chi connectivity index (χ2n) is 5.34. The Labute approximate surface area is 149 Å². The van der Waals surface area contributed by atoms with Gasteiger partial charge in [0.1, 0.15) is 0 Å². The van der Waals surface area contributed by atoms with Crippen molar-refractivity contribution in [1.82, 2.24) is 5.32 Å². The molecule has 0 saturated carbocycles. The number of thiophene rings is 1. The molecule has 7 heteroatoms. The van der Waals surface area contributed by atoms with Gasteiger partial charge < -0.3 is 15.8 Å². The molecule has 0 aliphatic heterocycles. The number of ether oxygens (including phenoxy) is 1. The molecule has 3 N–H and O–H groups in total. The highest BCUT2D eigenvalue weighted by molar-refractivity contribution is 7.20. The maximum Gasteiger partial charge on any atom is 0.330 e. The van der Waals surface area contributed by atoms with Gasteiger partial charge in [-0.15, -0.1) is 11.3 Å². The Morgan fingerprint density at radius 1 is 1.32 bits per heavy atom. The molecule has 1 heterocycles. The molecule has 0 unspecified atom stereocenters. The normalized spacial score (nSPS) is 12.2. The van der Waals surface area contributed by atoms with Crippen molar-refractivity contribution >= 4 is 39.2 Å². The number of nitrogens with one attached hydrogen (secondary N) is 1. The molecule has 0 saturated heterocycles. The van der Waals surface area contributed by atoms with Crippen LogP contribution in [0.25, 0.3) is 10.1 Å². The van der Waals surface area contributed by atoms with Gasteiger partial charge in [0, 0.05) is 23.2 Å². The molecule has 25 heavy (non-hydrogen) atoms. The van der Waals surface area contributed by atoms with Crippen molar-refractivity contribution in [3.05, 3.63) is 47.4 Å². The van der Waals surface area contributed by atoms with Crippen molar-refractivity contribution in [3.8, 4) is 0 Å². The maximum absolute atomic E-state index is 12.5. The second kappa shape index (κ2) is 8.98. The highest BCUT2D eigenvalue weighted by atomic mass is 32.1. The van der Waals surface area contributed by atoms with Crippen LogP contribution < -0.4 is 11.1 Å². The molecular formula is C18H20N2O4S. The molecule has 1 aromatic carbocycles. The van der Waals surface area contributed by atoms with Crippen molar-refractivity contribution in [3.63, 3.8) is 0 Å². The quantitative estimate of drug-likeness (QED) is 0.558. The fraction of sp³-hybridized carbons (Fsp3) is 0.278. The number of hydrogen-bond acceptors (Lipinski definition) is 5. The SMILES string of the molecule is CCOC(=O)/C=C/[C@H](CCC(N)=O)NC(=O)c1cc2ccccc2s1. The summed E-state index contributed by atoms with van der Waals surface area (Å²) in [5, 5.41) is 3.81. The van der Waals surface area contributed by atoms with Crippen LogP contribution in [0.5, 0.6) is 0 Å². The molecule has 0 aliphatic carbocycles. The number of fused-ring (bicyclic) bond motifs is 1. The lowest BCUT2D eigenvalue weighted by Crippen LogP contribution is -2.34. The minimum atomic E-state index is -0.498. The molecule has 0 radical (unpaired) electrons. The summed E-state index contributed by atoms with van der Waals surface area (Å²) < 4.78 is 5.84. The lowest BCUT2D eigenvalue weighted by atomic mass is 10.1. The van der Waals surface area contributed by atoms with E-state index < -0.39 is 17.9 Å². The fourth-order valence-electron chi connectivity index (χ4n) is 2.23. The van der Waals surface area contributed by atoms with E-state index in [0.29, 0.717) is 11.3 Å². The van der Waals surface area contributed by atoms with E-state index in [-0.39, 0.29) is 18.9 Å². The third-order valence-corrected chi connectivity index (χ3v) is 4.53. The van der Waals surface area contributed by atoms with Gasteiger partial charge >= 0.3 is 5.97 Å². The molecular weight excluding hydrogens is 340 g/mol. The van der Waals surface area contributed by atoms with Crippen LogP contribution in [0.1, 0.15) is 29.4 Å². The van der Waals surface area contributed by atoms with Crippen LogP contribution in [0.3, 0.4) is 0 Å². The second-order valence-corrected chi connectivity index (χ2v) is 6.43. The number of amides is 2. The van der Waals surface area contributed by atoms with Crippen LogP contribution in [0, 0.1) is 0 Å². The first kappa shape index (κ1) is 18.7. The van der Waals surface area contributed by atoms with E-state index in [1.165, 1.54) is 23.5 Å². The summed E-state index contributed by atoms with van der Waals surface area (Å²) >= 11 is 1.38. The Balaban J connectivity index is 2.09. The number of hydrogen-bond donors (Lipinski definition) is 2. The Hall–Kier alpha value is -2.67. The zero-order chi connectivity index (χ0) is 18.2. The number of nitrogens with two attached hydrogens (primary N) is 1. The van der Waals surface area contributed by atoms with E-state index in [1.54, 1.807) is 6.92 Å². The van der Waals surface area contributed by atoms with Crippen LogP contribution in [0.4, 0.5) is 0 Å². The molecule has 132 valence electrons. The van der Waals surface area contributed by atoms with E-state index in [9.17, 15) is 14.4 Å². The summed E-state index contributed by atoms with van der Waals surface area (Å²) in [7, 11) is 0. The fourth-order valence-corrected chi connectivity index (χ4v) is 3.20. The molecule has 0 spiro atoms. The first-order chi connectivity index (χ1) is 12.0. The lowest BCUT2D eigenvalue weighted by Gasteiger charge is -2.13. The van der Waals surface area contributed by atoms with Crippen molar-refractivity contribution < 1.29 is 19.1 Å². The summed E-state index contributed by atoms with van der Waals surface area (Å²) in [4.78, 5) is 35.5. The van der Waals surface area contributed by atoms with Crippen LogP contribution >= 0.6 is 11.3 Å². The van der Waals surface area contributed by atoms with Crippen LogP contribution in [0.2, 0.25) is 0 Å². The Kier molecular flexibility index (Phi) is 6.71. The molecule has 6 nitrogen and oxygen atoms in total. The summed E-state index contributed by atoms with van der Waals surface area (Å²) in [6, 6.07) is 9.03. The highest BCUT2D eigenvalue weighted by Gasteiger charge is 2.15. The topological polar surface area (TPSA) is 98.5 Å². The first-order valence-electron chi connectivity index (χ1n) is 7.92. The summed E-state index contributed by atoms with van der Waals surface area (Å²) in [5.74, 6) is -1.22. The zero-order valence-corrected chi connectivity index (χ0v) is 14.7. The van der Waals surface area contributed by atoms with Crippen molar-refractivity contribution in [2.45, 2.75) is 25.8 Å². The summed E-state index contributed by atoms with van der Waals surface area (Å²) in [6.45, 7) is 1.98. The van der Waals surface area contributed by atoms with Gasteiger partial charge in [-0.05, 0) is 30.9 Å². The number of carbonyl (C=O) groups is 3. The van der Waals surface area contributed by atoms with Gasteiger partial charge in [0.05, 0.1) is 11.5 Å². The van der Waals surface area contributed by atoms with Crippen molar-refractivity contribution in [2.24, 2.45) is 5.73 Å². The van der Waals surface area contributed by atoms with Crippen molar-refractivity contribution in [1.29, 1.82) is 0 Å². The van der Waals surface area contributed by atoms with E-state index in [2.05, 4.69) is 5.32 Å². The number of esters is 1. The highest BCUT2D eigenvalue weighted by Crippen LogP contribution is 2.25. The lowest BCUT2D eigenvalue weighted by molar-refractivity contribution is -0.137. The van der Waals surface area contributed by atoms with Gasteiger partial charge in [-0.25, -0.2) is 4.79 Å². The van der Waals surface area contributed by atoms with Crippen molar-refractivity contribution in [2.75, 3.05) is 6.61 Å². The van der Waals surface area contributed by atoms with Crippen LogP contribution in [-0.4, -0.2) is 30.4 Å².